The van der Waals surface area contributed by atoms with E-state index in [1.54, 1.807) is 84.6 Å². The molecular formula is C26H30N6O4S. The summed E-state index contributed by atoms with van der Waals surface area (Å²) in [6.45, 7) is 5.83. The van der Waals surface area contributed by atoms with Crippen LogP contribution in [0.3, 0.4) is 0 Å². The van der Waals surface area contributed by atoms with Gasteiger partial charge in [-0.2, -0.15) is 0 Å². The molecule has 37 heavy (non-hydrogen) atoms. The Hall–Kier alpha value is -3.83. The molecule has 0 radical (unpaired) electrons. The molecule has 1 saturated heterocycles. The monoisotopic (exact) mass is 522 g/mol. The van der Waals surface area contributed by atoms with Crippen LogP contribution in [-0.2, 0) is 14.8 Å². The van der Waals surface area contributed by atoms with E-state index < -0.39 is 10.0 Å². The van der Waals surface area contributed by atoms with Crippen molar-refractivity contribution in [3.05, 3.63) is 66.4 Å². The van der Waals surface area contributed by atoms with Gasteiger partial charge in [0.25, 0.3) is 5.91 Å². The lowest BCUT2D eigenvalue weighted by molar-refractivity contribution is -0.130. The van der Waals surface area contributed by atoms with Gasteiger partial charge in [0.15, 0.2) is 0 Å². The molecule has 1 N–H and O–H groups in total. The molecule has 1 aliphatic heterocycles. The average Bonchev–Trinajstić information content (AvgIpc) is 2.93. The molecule has 0 unspecified atom stereocenters. The minimum absolute atomic E-state index is 0.0265. The number of nitrogens with zero attached hydrogens (tertiary/aromatic N) is 5. The Morgan fingerprint density at radius 1 is 0.946 bits per heavy atom. The zero-order valence-corrected chi connectivity index (χ0v) is 21.9. The fourth-order valence-corrected chi connectivity index (χ4v) is 5.14. The van der Waals surface area contributed by atoms with Crippen LogP contribution in [0.15, 0.2) is 65.7 Å². The standard InChI is InChI=1S/C26H30N6O4S/c1-4-30(3)37(35,36)23-11-7-20(8-12-23)24-13-14-27-26(29-24)28-22-9-5-21(6-10-22)25(34)32-17-15-31(16-18-32)19(2)33/h5-14H,4,15-18H2,1-3H3,(H,27,28,29). The average molecular weight is 523 g/mol. The molecule has 2 aromatic carbocycles. The van der Waals surface area contributed by atoms with Gasteiger partial charge in [0.1, 0.15) is 0 Å². The first-order valence-corrected chi connectivity index (χ1v) is 13.4. The number of anilines is 2. The number of piperazine rings is 1. The zero-order chi connectivity index (χ0) is 26.6. The molecule has 10 nitrogen and oxygen atoms in total. The Kier molecular flexibility index (Phi) is 7.84. The van der Waals surface area contributed by atoms with E-state index in [0.717, 1.165) is 11.3 Å². The number of hydrogen-bond acceptors (Lipinski definition) is 7. The van der Waals surface area contributed by atoms with E-state index in [-0.39, 0.29) is 16.7 Å². The lowest BCUT2D eigenvalue weighted by atomic mass is 10.1. The van der Waals surface area contributed by atoms with E-state index in [1.807, 2.05) is 0 Å². The second-order valence-electron chi connectivity index (χ2n) is 8.71. The van der Waals surface area contributed by atoms with Gasteiger partial charge >= 0.3 is 0 Å². The number of aromatic nitrogens is 2. The van der Waals surface area contributed by atoms with Gasteiger partial charge in [-0.1, -0.05) is 19.1 Å². The first-order valence-electron chi connectivity index (χ1n) is 12.0. The highest BCUT2D eigenvalue weighted by Crippen LogP contribution is 2.23. The van der Waals surface area contributed by atoms with Crippen molar-refractivity contribution in [1.82, 2.24) is 24.1 Å². The van der Waals surface area contributed by atoms with E-state index in [2.05, 4.69) is 15.3 Å². The number of rotatable bonds is 7. The van der Waals surface area contributed by atoms with Gasteiger partial charge in [0.2, 0.25) is 21.9 Å². The minimum Gasteiger partial charge on any atom is -0.339 e. The third-order valence-corrected chi connectivity index (χ3v) is 8.31. The molecule has 1 aromatic heterocycles. The van der Waals surface area contributed by atoms with Crippen molar-refractivity contribution in [3.63, 3.8) is 0 Å². The molecule has 4 rings (SSSR count). The Balaban J connectivity index is 1.42. The summed E-state index contributed by atoms with van der Waals surface area (Å²) in [6, 6.07) is 15.4. The van der Waals surface area contributed by atoms with E-state index in [0.29, 0.717) is 49.9 Å². The SMILES string of the molecule is CCN(C)S(=O)(=O)c1ccc(-c2ccnc(Nc3ccc(C(=O)N4CCN(C(C)=O)CC4)cc3)n2)cc1. The summed E-state index contributed by atoms with van der Waals surface area (Å²) in [5.74, 6) is 0.335. The van der Waals surface area contributed by atoms with Crippen LogP contribution in [0.5, 0.6) is 0 Å². The highest BCUT2D eigenvalue weighted by Gasteiger charge is 2.23. The number of hydrogen-bond donors (Lipinski definition) is 1. The quantitative estimate of drug-likeness (QED) is 0.507. The normalized spacial score (nSPS) is 14.1. The van der Waals surface area contributed by atoms with Crippen molar-refractivity contribution in [3.8, 4) is 11.3 Å². The second kappa shape index (κ2) is 11.1. The predicted octanol–water partition coefficient (Wildman–Crippen LogP) is 2.83. The molecule has 0 bridgehead atoms. The fraction of sp³-hybridized carbons (Fsp3) is 0.308. The third-order valence-electron chi connectivity index (χ3n) is 6.36. The van der Waals surface area contributed by atoms with Crippen LogP contribution in [0.2, 0.25) is 0 Å². The van der Waals surface area contributed by atoms with Gasteiger partial charge in [-0.15, -0.1) is 0 Å². The maximum Gasteiger partial charge on any atom is 0.253 e. The summed E-state index contributed by atoms with van der Waals surface area (Å²) in [5.41, 5.74) is 2.69. The molecule has 0 spiro atoms. The van der Waals surface area contributed by atoms with Crippen molar-refractivity contribution >= 4 is 33.5 Å². The molecular weight excluding hydrogens is 492 g/mol. The summed E-state index contributed by atoms with van der Waals surface area (Å²) in [4.78, 5) is 36.9. The molecule has 0 aliphatic carbocycles. The minimum atomic E-state index is -3.51. The summed E-state index contributed by atoms with van der Waals surface area (Å²) >= 11 is 0. The van der Waals surface area contributed by atoms with Crippen LogP contribution in [0, 0.1) is 0 Å². The maximum atomic E-state index is 12.8. The van der Waals surface area contributed by atoms with Crippen LogP contribution in [0.25, 0.3) is 11.3 Å². The second-order valence-corrected chi connectivity index (χ2v) is 10.8. The number of nitrogens with one attached hydrogen (secondary N) is 1. The largest absolute Gasteiger partial charge is 0.339 e. The van der Waals surface area contributed by atoms with Crippen molar-refractivity contribution in [2.24, 2.45) is 0 Å². The Morgan fingerprint density at radius 3 is 2.16 bits per heavy atom. The van der Waals surface area contributed by atoms with Gasteiger partial charge in [-0.3, -0.25) is 9.59 Å². The third kappa shape index (κ3) is 5.95. The van der Waals surface area contributed by atoms with Gasteiger partial charge in [-0.05, 0) is 42.5 Å². The molecule has 0 atom stereocenters. The highest BCUT2D eigenvalue weighted by molar-refractivity contribution is 7.89. The van der Waals surface area contributed by atoms with Crippen LogP contribution in [0.1, 0.15) is 24.2 Å². The van der Waals surface area contributed by atoms with Crippen molar-refractivity contribution < 1.29 is 18.0 Å². The number of benzene rings is 2. The predicted molar refractivity (Wildman–Crippen MR) is 141 cm³/mol. The molecule has 11 heteroatoms. The molecule has 2 heterocycles. The highest BCUT2D eigenvalue weighted by atomic mass is 32.2. The van der Waals surface area contributed by atoms with Gasteiger partial charge in [-0.25, -0.2) is 22.7 Å². The number of carbonyl (C=O) groups is 2. The molecule has 1 fully saturated rings. The molecule has 0 saturated carbocycles. The van der Waals surface area contributed by atoms with Crippen LogP contribution < -0.4 is 5.32 Å². The van der Waals surface area contributed by atoms with E-state index in [4.69, 9.17) is 0 Å². The first-order chi connectivity index (χ1) is 17.7. The molecule has 3 aromatic rings. The first kappa shape index (κ1) is 26.2. The summed E-state index contributed by atoms with van der Waals surface area (Å²) < 4.78 is 26.3. The van der Waals surface area contributed by atoms with Gasteiger partial charge < -0.3 is 15.1 Å². The van der Waals surface area contributed by atoms with E-state index >= 15 is 0 Å². The van der Waals surface area contributed by atoms with Crippen LogP contribution >= 0.6 is 0 Å². The number of amides is 2. The van der Waals surface area contributed by atoms with Crippen LogP contribution in [-0.4, -0.2) is 84.1 Å². The lowest BCUT2D eigenvalue weighted by Gasteiger charge is -2.34. The number of carbonyl (C=O) groups excluding carboxylic acids is 2. The Labute approximate surface area is 217 Å². The Bertz CT molecular complexity index is 1370. The topological polar surface area (TPSA) is 116 Å². The zero-order valence-electron chi connectivity index (χ0n) is 21.1. The molecule has 194 valence electrons. The number of sulfonamides is 1. The van der Waals surface area contributed by atoms with E-state index in [1.165, 1.54) is 11.2 Å². The summed E-state index contributed by atoms with van der Waals surface area (Å²) in [7, 11) is -1.97. The maximum absolute atomic E-state index is 12.8. The molecule has 2 amide bonds. The van der Waals surface area contributed by atoms with E-state index in [9.17, 15) is 18.0 Å². The fourth-order valence-electron chi connectivity index (χ4n) is 3.96. The lowest BCUT2D eigenvalue weighted by Crippen LogP contribution is -2.50. The smallest absolute Gasteiger partial charge is 0.253 e. The van der Waals surface area contributed by atoms with Gasteiger partial charge in [0.05, 0.1) is 10.6 Å². The summed E-state index contributed by atoms with van der Waals surface area (Å²) in [6.07, 6.45) is 1.62. The van der Waals surface area contributed by atoms with Gasteiger partial charge in [0, 0.05) is 69.7 Å². The Morgan fingerprint density at radius 2 is 1.57 bits per heavy atom. The summed E-state index contributed by atoms with van der Waals surface area (Å²) in [5, 5.41) is 3.14. The van der Waals surface area contributed by atoms with Crippen molar-refractivity contribution in [2.45, 2.75) is 18.7 Å². The van der Waals surface area contributed by atoms with Crippen molar-refractivity contribution in [2.75, 3.05) is 45.1 Å². The molecule has 1 aliphatic rings. The van der Waals surface area contributed by atoms with Crippen LogP contribution in [0.4, 0.5) is 11.6 Å². The van der Waals surface area contributed by atoms with Crippen molar-refractivity contribution in [1.29, 1.82) is 0 Å².